The maximum Gasteiger partial charge on any atom is 0.0462 e. The lowest BCUT2D eigenvalue weighted by Crippen LogP contribution is -2.38. The molecule has 1 aliphatic carbocycles. The smallest absolute Gasteiger partial charge is 0.0462 e. The van der Waals surface area contributed by atoms with Gasteiger partial charge in [0.05, 0.1) is 0 Å². The summed E-state index contributed by atoms with van der Waals surface area (Å²) in [6.45, 7) is 3.85. The maximum atomic E-state index is 9.41. The Labute approximate surface area is 105 Å². The van der Waals surface area contributed by atoms with Crippen LogP contribution in [-0.2, 0) is 0 Å². The summed E-state index contributed by atoms with van der Waals surface area (Å²) in [6.07, 6.45) is 9.08. The lowest BCUT2D eigenvalue weighted by atomic mass is 9.79. The van der Waals surface area contributed by atoms with Gasteiger partial charge in [0.25, 0.3) is 0 Å². The molecule has 0 radical (unpaired) electrons. The van der Waals surface area contributed by atoms with E-state index in [0.29, 0.717) is 24.5 Å². The predicted molar refractivity (Wildman–Crippen MR) is 71.0 cm³/mol. The molecule has 1 saturated carbocycles. The molecule has 0 aromatic carbocycles. The van der Waals surface area contributed by atoms with E-state index in [1.54, 1.807) is 0 Å². The van der Waals surface area contributed by atoms with Crippen LogP contribution in [-0.4, -0.2) is 37.4 Å². The summed E-state index contributed by atoms with van der Waals surface area (Å²) in [5, 5.41) is 16.6. The van der Waals surface area contributed by atoms with E-state index in [0.717, 1.165) is 13.1 Å². The van der Waals surface area contributed by atoms with Crippen LogP contribution in [0.4, 0.5) is 0 Å². The third-order valence-corrected chi connectivity index (χ3v) is 4.55. The highest BCUT2D eigenvalue weighted by atomic mass is 16.3. The first-order valence-electron chi connectivity index (χ1n) is 7.45. The first kappa shape index (κ1) is 13.3. The highest BCUT2D eigenvalue weighted by molar-refractivity contribution is 4.79. The monoisotopic (exact) mass is 240 g/mol. The number of hydrogen-bond donors (Lipinski definition) is 3. The highest BCUT2D eigenvalue weighted by Crippen LogP contribution is 2.29. The first-order valence-corrected chi connectivity index (χ1v) is 7.45. The standard InChI is InChI=1S/C14H28N2O/c17-11-13-5-2-1-4-12(13)10-16-14-6-3-8-15-9-7-14/h12-17H,1-11H2. The highest BCUT2D eigenvalue weighted by Gasteiger charge is 2.25. The number of hydrogen-bond acceptors (Lipinski definition) is 3. The van der Waals surface area contributed by atoms with Crippen LogP contribution < -0.4 is 10.6 Å². The van der Waals surface area contributed by atoms with E-state index in [1.807, 2.05) is 0 Å². The third-order valence-electron chi connectivity index (χ3n) is 4.55. The Bertz CT molecular complexity index is 202. The second kappa shape index (κ2) is 7.34. The van der Waals surface area contributed by atoms with Gasteiger partial charge in [-0.2, -0.15) is 0 Å². The Kier molecular flexibility index (Phi) is 5.75. The minimum atomic E-state index is 0.387. The van der Waals surface area contributed by atoms with Gasteiger partial charge in [-0.3, -0.25) is 0 Å². The molecule has 0 bridgehead atoms. The summed E-state index contributed by atoms with van der Waals surface area (Å²) in [7, 11) is 0. The molecule has 1 saturated heterocycles. The molecule has 1 aliphatic heterocycles. The molecule has 3 N–H and O–H groups in total. The normalized spacial score (nSPS) is 35.5. The first-order chi connectivity index (χ1) is 8.40. The molecule has 17 heavy (non-hydrogen) atoms. The van der Waals surface area contributed by atoms with E-state index in [2.05, 4.69) is 10.6 Å². The second-order valence-electron chi connectivity index (χ2n) is 5.77. The van der Waals surface area contributed by atoms with Gasteiger partial charge in [-0.25, -0.2) is 0 Å². The Hall–Kier alpha value is -0.120. The van der Waals surface area contributed by atoms with E-state index in [9.17, 15) is 5.11 Å². The van der Waals surface area contributed by atoms with Gasteiger partial charge in [0.1, 0.15) is 0 Å². The molecule has 3 unspecified atom stereocenters. The Balaban J connectivity index is 1.71. The van der Waals surface area contributed by atoms with E-state index < -0.39 is 0 Å². The van der Waals surface area contributed by atoms with Crippen molar-refractivity contribution in [3.8, 4) is 0 Å². The Morgan fingerprint density at radius 1 is 0.941 bits per heavy atom. The van der Waals surface area contributed by atoms with E-state index in [-0.39, 0.29) is 0 Å². The van der Waals surface area contributed by atoms with Crippen LogP contribution in [0.2, 0.25) is 0 Å². The molecule has 100 valence electrons. The molecule has 2 rings (SSSR count). The van der Waals surface area contributed by atoms with E-state index >= 15 is 0 Å². The molecular weight excluding hydrogens is 212 g/mol. The summed E-state index contributed by atoms with van der Waals surface area (Å²) >= 11 is 0. The summed E-state index contributed by atoms with van der Waals surface area (Å²) in [6, 6.07) is 0.700. The lowest BCUT2D eigenvalue weighted by Gasteiger charge is -2.31. The summed E-state index contributed by atoms with van der Waals surface area (Å²) < 4.78 is 0. The van der Waals surface area contributed by atoms with Crippen molar-refractivity contribution in [1.82, 2.24) is 10.6 Å². The fraction of sp³-hybridized carbons (Fsp3) is 1.00. The molecular formula is C14H28N2O. The second-order valence-corrected chi connectivity index (χ2v) is 5.77. The van der Waals surface area contributed by atoms with Crippen LogP contribution >= 0.6 is 0 Å². The van der Waals surface area contributed by atoms with E-state index in [4.69, 9.17) is 0 Å². The quantitative estimate of drug-likeness (QED) is 0.698. The molecule has 2 fully saturated rings. The van der Waals surface area contributed by atoms with Gasteiger partial charge >= 0.3 is 0 Å². The van der Waals surface area contributed by atoms with Crippen molar-refractivity contribution in [3.05, 3.63) is 0 Å². The molecule has 2 aliphatic rings. The Morgan fingerprint density at radius 3 is 2.59 bits per heavy atom. The average Bonchev–Trinajstić information content (AvgIpc) is 2.65. The number of rotatable bonds is 4. The van der Waals surface area contributed by atoms with Crippen molar-refractivity contribution >= 4 is 0 Å². The molecule has 1 heterocycles. The summed E-state index contributed by atoms with van der Waals surface area (Å²) in [4.78, 5) is 0. The molecule has 0 amide bonds. The Morgan fingerprint density at radius 2 is 1.76 bits per heavy atom. The number of aliphatic hydroxyl groups excluding tert-OH is 1. The van der Waals surface area contributed by atoms with E-state index in [1.165, 1.54) is 51.5 Å². The largest absolute Gasteiger partial charge is 0.396 e. The van der Waals surface area contributed by atoms with Gasteiger partial charge in [0.15, 0.2) is 0 Å². The molecule has 0 aromatic heterocycles. The molecule has 0 aromatic rings. The van der Waals surface area contributed by atoms with Crippen LogP contribution in [0.15, 0.2) is 0 Å². The van der Waals surface area contributed by atoms with Crippen molar-refractivity contribution in [1.29, 1.82) is 0 Å². The van der Waals surface area contributed by atoms with Crippen molar-refractivity contribution in [2.45, 2.75) is 51.0 Å². The third kappa shape index (κ3) is 4.23. The SMILES string of the molecule is OCC1CCCCC1CNC1CCCNCC1. The van der Waals surface area contributed by atoms with Gasteiger partial charge in [0, 0.05) is 12.6 Å². The van der Waals surface area contributed by atoms with Crippen LogP contribution in [0.1, 0.15) is 44.9 Å². The van der Waals surface area contributed by atoms with Crippen LogP contribution in [0.25, 0.3) is 0 Å². The fourth-order valence-corrected chi connectivity index (χ4v) is 3.33. The molecule has 3 heteroatoms. The van der Waals surface area contributed by atoms with Gasteiger partial charge in [-0.15, -0.1) is 0 Å². The fourth-order valence-electron chi connectivity index (χ4n) is 3.33. The lowest BCUT2D eigenvalue weighted by molar-refractivity contribution is 0.130. The maximum absolute atomic E-state index is 9.41. The molecule has 3 atom stereocenters. The van der Waals surface area contributed by atoms with Gasteiger partial charge < -0.3 is 15.7 Å². The number of aliphatic hydroxyl groups is 1. The van der Waals surface area contributed by atoms with Crippen molar-refractivity contribution in [3.63, 3.8) is 0 Å². The van der Waals surface area contributed by atoms with Crippen molar-refractivity contribution in [2.24, 2.45) is 11.8 Å². The topological polar surface area (TPSA) is 44.3 Å². The minimum Gasteiger partial charge on any atom is -0.396 e. The summed E-state index contributed by atoms with van der Waals surface area (Å²) in [5.74, 6) is 1.27. The minimum absolute atomic E-state index is 0.387. The van der Waals surface area contributed by atoms with Crippen molar-refractivity contribution in [2.75, 3.05) is 26.2 Å². The van der Waals surface area contributed by atoms with Gasteiger partial charge in [-0.05, 0) is 63.6 Å². The van der Waals surface area contributed by atoms with Gasteiger partial charge in [0.2, 0.25) is 0 Å². The zero-order chi connectivity index (χ0) is 11.9. The summed E-state index contributed by atoms with van der Waals surface area (Å²) in [5.41, 5.74) is 0. The molecule has 0 spiro atoms. The van der Waals surface area contributed by atoms with Crippen LogP contribution in [0.3, 0.4) is 0 Å². The van der Waals surface area contributed by atoms with Crippen molar-refractivity contribution < 1.29 is 5.11 Å². The van der Waals surface area contributed by atoms with Crippen LogP contribution in [0, 0.1) is 11.8 Å². The van der Waals surface area contributed by atoms with Crippen LogP contribution in [0.5, 0.6) is 0 Å². The zero-order valence-corrected chi connectivity index (χ0v) is 11.0. The van der Waals surface area contributed by atoms with Gasteiger partial charge in [-0.1, -0.05) is 12.8 Å². The molecule has 3 nitrogen and oxygen atoms in total. The average molecular weight is 240 g/mol. The number of nitrogens with one attached hydrogen (secondary N) is 2. The zero-order valence-electron chi connectivity index (χ0n) is 11.0. The predicted octanol–water partition coefficient (Wildman–Crippen LogP) is 1.52.